The zero-order chi connectivity index (χ0) is 23.0. The number of piperidine rings is 1. The van der Waals surface area contributed by atoms with Gasteiger partial charge in [-0.05, 0) is 42.3 Å². The highest BCUT2D eigenvalue weighted by Gasteiger charge is 2.45. The molecule has 0 saturated carbocycles. The van der Waals surface area contributed by atoms with Crippen LogP contribution in [0.25, 0.3) is 0 Å². The zero-order valence-corrected chi connectivity index (χ0v) is 17.8. The van der Waals surface area contributed by atoms with Gasteiger partial charge in [-0.3, -0.25) is 29.4 Å². The van der Waals surface area contributed by atoms with Crippen molar-refractivity contribution in [3.63, 3.8) is 0 Å². The quantitative estimate of drug-likeness (QED) is 0.688. The first-order valence-electron chi connectivity index (χ1n) is 9.87. The number of anilines is 1. The molecular weight excluding hydrogens is 436 g/mol. The van der Waals surface area contributed by atoms with E-state index in [1.807, 2.05) is 0 Å². The topological polar surface area (TPSA) is 116 Å². The summed E-state index contributed by atoms with van der Waals surface area (Å²) in [5, 5.41) is 5.44. The van der Waals surface area contributed by atoms with Crippen LogP contribution in [-0.4, -0.2) is 52.5 Å². The number of benzene rings is 2. The number of fused-ring (bicyclic) bond motifs is 1. The molecule has 2 aliphatic heterocycles. The first kappa shape index (κ1) is 21.5. The van der Waals surface area contributed by atoms with Crippen molar-refractivity contribution in [3.8, 4) is 0 Å². The van der Waals surface area contributed by atoms with Crippen LogP contribution < -0.4 is 10.6 Å². The number of rotatable bonds is 4. The molecule has 1 atom stereocenters. The average molecular weight is 455 g/mol. The summed E-state index contributed by atoms with van der Waals surface area (Å²) in [7, 11) is 1.56. The number of hydrogen-bond acceptors (Lipinski definition) is 5. The SMILES string of the molecule is CN(Cc1cccc2c1C(=O)N(C1CCC(=O)NC1=O)C2=O)C(=O)Nc1ccc(Cl)cc1. The minimum atomic E-state index is -1.04. The summed E-state index contributed by atoms with van der Waals surface area (Å²) in [6, 6.07) is 9.95. The highest BCUT2D eigenvalue weighted by atomic mass is 35.5. The van der Waals surface area contributed by atoms with Crippen molar-refractivity contribution in [1.29, 1.82) is 0 Å². The number of carbonyl (C=O) groups is 5. The number of amides is 6. The van der Waals surface area contributed by atoms with Crippen molar-refractivity contribution in [3.05, 3.63) is 64.2 Å². The lowest BCUT2D eigenvalue weighted by Crippen LogP contribution is -2.54. The molecule has 6 amide bonds. The summed E-state index contributed by atoms with van der Waals surface area (Å²) < 4.78 is 0. The molecule has 2 N–H and O–H groups in total. The van der Waals surface area contributed by atoms with E-state index in [2.05, 4.69) is 10.6 Å². The monoisotopic (exact) mass is 454 g/mol. The van der Waals surface area contributed by atoms with Crippen LogP contribution in [0.2, 0.25) is 5.02 Å². The van der Waals surface area contributed by atoms with Crippen molar-refractivity contribution >= 4 is 46.9 Å². The Kier molecular flexibility index (Phi) is 5.67. The Balaban J connectivity index is 1.54. The molecule has 2 aliphatic rings. The molecule has 9 nitrogen and oxygen atoms in total. The van der Waals surface area contributed by atoms with E-state index in [-0.39, 0.29) is 30.5 Å². The Morgan fingerprint density at radius 2 is 1.84 bits per heavy atom. The lowest BCUT2D eigenvalue weighted by Gasteiger charge is -2.28. The van der Waals surface area contributed by atoms with Gasteiger partial charge in [0.15, 0.2) is 0 Å². The van der Waals surface area contributed by atoms with Crippen LogP contribution in [-0.2, 0) is 16.1 Å². The zero-order valence-electron chi connectivity index (χ0n) is 17.1. The molecule has 0 bridgehead atoms. The Labute approximate surface area is 188 Å². The van der Waals surface area contributed by atoms with E-state index in [4.69, 9.17) is 11.6 Å². The molecule has 2 aromatic rings. The van der Waals surface area contributed by atoms with Crippen molar-refractivity contribution < 1.29 is 24.0 Å². The van der Waals surface area contributed by atoms with Crippen LogP contribution in [0.3, 0.4) is 0 Å². The highest BCUT2D eigenvalue weighted by molar-refractivity contribution is 6.30. The maximum Gasteiger partial charge on any atom is 0.321 e. The van der Waals surface area contributed by atoms with Gasteiger partial charge in [-0.25, -0.2) is 4.79 Å². The Hall–Kier alpha value is -3.72. The fourth-order valence-electron chi connectivity index (χ4n) is 3.80. The van der Waals surface area contributed by atoms with Gasteiger partial charge in [0.1, 0.15) is 6.04 Å². The summed E-state index contributed by atoms with van der Waals surface area (Å²) in [4.78, 5) is 64.6. The second-order valence-electron chi connectivity index (χ2n) is 7.58. The van der Waals surface area contributed by atoms with E-state index in [9.17, 15) is 24.0 Å². The minimum Gasteiger partial charge on any atom is -0.323 e. The van der Waals surface area contributed by atoms with E-state index in [1.165, 1.54) is 11.0 Å². The van der Waals surface area contributed by atoms with E-state index in [1.54, 1.807) is 43.4 Å². The van der Waals surface area contributed by atoms with Gasteiger partial charge >= 0.3 is 6.03 Å². The smallest absolute Gasteiger partial charge is 0.321 e. The van der Waals surface area contributed by atoms with E-state index >= 15 is 0 Å². The van der Waals surface area contributed by atoms with Gasteiger partial charge < -0.3 is 10.2 Å². The molecule has 10 heteroatoms. The van der Waals surface area contributed by atoms with Crippen molar-refractivity contribution in [2.45, 2.75) is 25.4 Å². The fourth-order valence-corrected chi connectivity index (χ4v) is 3.92. The highest BCUT2D eigenvalue weighted by Crippen LogP contribution is 2.30. The fraction of sp³-hybridized carbons (Fsp3) is 0.227. The minimum absolute atomic E-state index is 0.0459. The number of carbonyl (C=O) groups excluding carboxylic acids is 5. The van der Waals surface area contributed by atoms with Crippen LogP contribution in [0.5, 0.6) is 0 Å². The third-order valence-corrected chi connectivity index (χ3v) is 5.66. The van der Waals surface area contributed by atoms with Crippen LogP contribution in [0.15, 0.2) is 42.5 Å². The van der Waals surface area contributed by atoms with Gasteiger partial charge in [-0.1, -0.05) is 23.7 Å². The van der Waals surface area contributed by atoms with Crippen LogP contribution in [0, 0.1) is 0 Å². The average Bonchev–Trinajstić information content (AvgIpc) is 3.01. The summed E-state index contributed by atoms with van der Waals surface area (Å²) in [6.07, 6.45) is 0.124. The Bertz CT molecular complexity index is 1150. The van der Waals surface area contributed by atoms with Crippen molar-refractivity contribution in [2.24, 2.45) is 0 Å². The van der Waals surface area contributed by atoms with Gasteiger partial charge in [-0.2, -0.15) is 0 Å². The normalized spacial score (nSPS) is 17.8. The summed E-state index contributed by atoms with van der Waals surface area (Å²) >= 11 is 5.85. The third-order valence-electron chi connectivity index (χ3n) is 5.40. The number of nitrogens with zero attached hydrogens (tertiary/aromatic N) is 2. The second kappa shape index (κ2) is 8.43. The summed E-state index contributed by atoms with van der Waals surface area (Å²) in [5.74, 6) is -2.30. The maximum absolute atomic E-state index is 13.1. The Morgan fingerprint density at radius 3 is 2.53 bits per heavy atom. The molecule has 4 rings (SSSR count). The molecule has 32 heavy (non-hydrogen) atoms. The summed E-state index contributed by atoms with van der Waals surface area (Å²) in [5.41, 5.74) is 1.36. The number of imide groups is 2. The molecule has 0 aliphatic carbocycles. The van der Waals surface area contributed by atoms with Crippen molar-refractivity contribution in [1.82, 2.24) is 15.1 Å². The number of hydrogen-bond donors (Lipinski definition) is 2. The number of nitrogens with one attached hydrogen (secondary N) is 2. The van der Waals surface area contributed by atoms with Crippen LogP contribution >= 0.6 is 11.6 Å². The lowest BCUT2D eigenvalue weighted by atomic mass is 10.0. The third kappa shape index (κ3) is 3.94. The first-order chi connectivity index (χ1) is 15.3. The maximum atomic E-state index is 13.1. The molecule has 1 saturated heterocycles. The lowest BCUT2D eigenvalue weighted by molar-refractivity contribution is -0.136. The van der Waals surface area contributed by atoms with Gasteiger partial charge in [0, 0.05) is 30.7 Å². The standard InChI is InChI=1S/C22H19ClN4O5/c1-26(22(32)24-14-7-5-13(23)6-8-14)11-12-3-2-4-15-18(12)21(31)27(20(15)30)16-9-10-17(28)25-19(16)29/h2-8,16H,9-11H2,1H3,(H,24,32)(H,25,28,29). The van der Waals surface area contributed by atoms with E-state index in [0.29, 0.717) is 16.3 Å². The number of urea groups is 1. The molecule has 1 fully saturated rings. The molecular formula is C22H19ClN4O5. The molecule has 164 valence electrons. The predicted octanol–water partition coefficient (Wildman–Crippen LogP) is 2.41. The van der Waals surface area contributed by atoms with Crippen LogP contribution in [0.4, 0.5) is 10.5 Å². The first-order valence-corrected chi connectivity index (χ1v) is 10.2. The van der Waals surface area contributed by atoms with Gasteiger partial charge in [0.05, 0.1) is 11.1 Å². The molecule has 0 aromatic heterocycles. The predicted molar refractivity (Wildman–Crippen MR) is 115 cm³/mol. The number of halogens is 1. The van der Waals surface area contributed by atoms with E-state index in [0.717, 1.165) is 4.90 Å². The molecule has 1 unspecified atom stereocenters. The summed E-state index contributed by atoms with van der Waals surface area (Å²) in [6.45, 7) is 0.0603. The second-order valence-corrected chi connectivity index (χ2v) is 8.02. The van der Waals surface area contributed by atoms with Gasteiger partial charge in [0.25, 0.3) is 11.8 Å². The Morgan fingerprint density at radius 1 is 1.12 bits per heavy atom. The van der Waals surface area contributed by atoms with Crippen LogP contribution in [0.1, 0.15) is 39.1 Å². The molecule has 0 radical (unpaired) electrons. The van der Waals surface area contributed by atoms with Gasteiger partial charge in [0.2, 0.25) is 11.8 Å². The van der Waals surface area contributed by atoms with Crippen molar-refractivity contribution in [2.75, 3.05) is 12.4 Å². The van der Waals surface area contributed by atoms with E-state index < -0.39 is 35.7 Å². The van der Waals surface area contributed by atoms with Gasteiger partial charge in [-0.15, -0.1) is 0 Å². The molecule has 0 spiro atoms. The largest absolute Gasteiger partial charge is 0.323 e. The molecule has 2 aromatic carbocycles. The molecule has 2 heterocycles.